The monoisotopic (exact) mass is 329 g/mol. The third-order valence-electron chi connectivity index (χ3n) is 4.74. The lowest BCUT2D eigenvalue weighted by atomic mass is 9.86. The van der Waals surface area contributed by atoms with Gasteiger partial charge in [-0.15, -0.1) is 11.3 Å². The van der Waals surface area contributed by atoms with Crippen molar-refractivity contribution < 1.29 is 4.79 Å². The van der Waals surface area contributed by atoms with Crippen molar-refractivity contribution in [3.8, 4) is 0 Å². The molecule has 0 radical (unpaired) electrons. The fourth-order valence-corrected chi connectivity index (χ4v) is 4.26. The van der Waals surface area contributed by atoms with Gasteiger partial charge in [-0.3, -0.25) is 9.78 Å². The molecule has 23 heavy (non-hydrogen) atoms. The molecule has 0 saturated carbocycles. The average Bonchev–Trinajstić information content (AvgIpc) is 3.22. The number of aryl methyl sites for hydroxylation is 1. The third kappa shape index (κ3) is 2.81. The van der Waals surface area contributed by atoms with Crippen LogP contribution in [-0.2, 0) is 11.3 Å². The Labute approximate surface area is 139 Å². The summed E-state index contributed by atoms with van der Waals surface area (Å²) in [5.41, 5.74) is 1.06. The highest BCUT2D eigenvalue weighted by molar-refractivity contribution is 7.09. The average molecular weight is 329 g/mol. The van der Waals surface area contributed by atoms with Crippen molar-refractivity contribution in [2.75, 3.05) is 24.5 Å². The van der Waals surface area contributed by atoms with Crippen LogP contribution in [0.5, 0.6) is 0 Å². The maximum absolute atomic E-state index is 12.4. The maximum atomic E-state index is 12.4. The van der Waals surface area contributed by atoms with E-state index in [4.69, 9.17) is 0 Å². The van der Waals surface area contributed by atoms with Crippen molar-refractivity contribution in [2.45, 2.75) is 26.3 Å². The summed E-state index contributed by atoms with van der Waals surface area (Å²) in [5.74, 6) is 1.15. The Hall–Kier alpha value is -2.02. The summed E-state index contributed by atoms with van der Waals surface area (Å²) in [6, 6.07) is 0. The number of anilines is 1. The molecule has 0 aliphatic carbocycles. The van der Waals surface area contributed by atoms with Crippen molar-refractivity contribution in [1.82, 2.24) is 19.9 Å². The van der Waals surface area contributed by atoms with Gasteiger partial charge < -0.3 is 9.80 Å². The zero-order valence-electron chi connectivity index (χ0n) is 13.1. The van der Waals surface area contributed by atoms with E-state index >= 15 is 0 Å². The Morgan fingerprint density at radius 1 is 1.35 bits per heavy atom. The Balaban J connectivity index is 1.46. The molecule has 2 aromatic heterocycles. The van der Waals surface area contributed by atoms with E-state index in [2.05, 4.69) is 19.9 Å². The van der Waals surface area contributed by atoms with E-state index in [1.807, 2.05) is 17.2 Å². The van der Waals surface area contributed by atoms with Crippen LogP contribution in [0.2, 0.25) is 0 Å². The second-order valence-electron chi connectivity index (χ2n) is 6.52. The first-order valence-electron chi connectivity index (χ1n) is 7.83. The number of rotatable bonds is 3. The van der Waals surface area contributed by atoms with Gasteiger partial charge in [0.15, 0.2) is 0 Å². The topological polar surface area (TPSA) is 62.2 Å². The highest BCUT2D eigenvalue weighted by atomic mass is 32.1. The van der Waals surface area contributed by atoms with Crippen LogP contribution in [0.15, 0.2) is 24.0 Å². The van der Waals surface area contributed by atoms with E-state index in [0.29, 0.717) is 13.0 Å². The highest BCUT2D eigenvalue weighted by Crippen LogP contribution is 2.41. The Morgan fingerprint density at radius 3 is 3.00 bits per heavy atom. The summed E-state index contributed by atoms with van der Waals surface area (Å²) in [4.78, 5) is 29.7. The smallest absolute Gasteiger partial charge is 0.223 e. The van der Waals surface area contributed by atoms with Gasteiger partial charge in [0.1, 0.15) is 5.82 Å². The second kappa shape index (κ2) is 5.56. The predicted octanol–water partition coefficient (Wildman–Crippen LogP) is 1.87. The van der Waals surface area contributed by atoms with Gasteiger partial charge >= 0.3 is 0 Å². The lowest BCUT2D eigenvalue weighted by Crippen LogP contribution is -2.31. The van der Waals surface area contributed by atoms with Gasteiger partial charge in [-0.2, -0.15) is 0 Å². The van der Waals surface area contributed by atoms with Crippen LogP contribution in [0.3, 0.4) is 0 Å². The maximum Gasteiger partial charge on any atom is 0.223 e. The van der Waals surface area contributed by atoms with Crippen LogP contribution in [0.1, 0.15) is 23.5 Å². The van der Waals surface area contributed by atoms with Crippen LogP contribution >= 0.6 is 11.3 Å². The number of carbonyl (C=O) groups is 1. The number of hydrogen-bond acceptors (Lipinski definition) is 6. The molecular formula is C16H19N5OS. The molecule has 6 nitrogen and oxygen atoms in total. The minimum atomic E-state index is 0.0552. The van der Waals surface area contributed by atoms with E-state index < -0.39 is 0 Å². The van der Waals surface area contributed by atoms with E-state index in [9.17, 15) is 4.79 Å². The van der Waals surface area contributed by atoms with Crippen molar-refractivity contribution in [2.24, 2.45) is 5.41 Å². The minimum Gasteiger partial charge on any atom is -0.355 e. The van der Waals surface area contributed by atoms with Gasteiger partial charge in [0.05, 0.1) is 23.4 Å². The van der Waals surface area contributed by atoms with Gasteiger partial charge in [0.2, 0.25) is 5.91 Å². The van der Waals surface area contributed by atoms with Crippen molar-refractivity contribution in [3.05, 3.63) is 34.7 Å². The van der Waals surface area contributed by atoms with E-state index in [1.54, 1.807) is 29.9 Å². The van der Waals surface area contributed by atoms with Crippen LogP contribution in [0, 0.1) is 12.3 Å². The molecule has 2 saturated heterocycles. The molecule has 120 valence electrons. The second-order valence-corrected chi connectivity index (χ2v) is 7.58. The van der Waals surface area contributed by atoms with Gasteiger partial charge in [0, 0.05) is 49.2 Å². The number of amides is 1. The summed E-state index contributed by atoms with van der Waals surface area (Å²) >= 11 is 1.64. The van der Waals surface area contributed by atoms with E-state index in [-0.39, 0.29) is 11.3 Å². The van der Waals surface area contributed by atoms with Crippen molar-refractivity contribution in [3.63, 3.8) is 0 Å². The molecule has 4 rings (SSSR count). The number of carbonyl (C=O) groups excluding carboxylic acids is 1. The number of hydrogen-bond donors (Lipinski definition) is 0. The van der Waals surface area contributed by atoms with Gasteiger partial charge in [-0.1, -0.05) is 0 Å². The molecule has 0 N–H and O–H groups in total. The molecule has 0 bridgehead atoms. The molecule has 7 heteroatoms. The molecule has 0 aromatic carbocycles. The highest BCUT2D eigenvalue weighted by Gasteiger charge is 2.47. The first-order chi connectivity index (χ1) is 11.1. The molecule has 2 aliphatic rings. The fraction of sp³-hybridized carbons (Fsp3) is 0.500. The molecule has 1 spiro atoms. The lowest BCUT2D eigenvalue weighted by Gasteiger charge is -2.24. The quantitative estimate of drug-likeness (QED) is 0.860. The molecule has 4 heterocycles. The Bertz CT molecular complexity index is 718. The summed E-state index contributed by atoms with van der Waals surface area (Å²) in [6.07, 6.45) is 6.86. The van der Waals surface area contributed by atoms with Gasteiger partial charge in [0.25, 0.3) is 0 Å². The summed E-state index contributed by atoms with van der Waals surface area (Å²) in [6.45, 7) is 5.27. The van der Waals surface area contributed by atoms with Gasteiger partial charge in [-0.05, 0) is 13.3 Å². The van der Waals surface area contributed by atoms with Crippen molar-refractivity contribution >= 4 is 23.1 Å². The minimum absolute atomic E-state index is 0.0552. The van der Waals surface area contributed by atoms with E-state index in [0.717, 1.165) is 42.6 Å². The van der Waals surface area contributed by atoms with Crippen LogP contribution in [-0.4, -0.2) is 45.4 Å². The molecule has 1 atom stereocenters. The lowest BCUT2D eigenvalue weighted by molar-refractivity contribution is -0.128. The van der Waals surface area contributed by atoms with Crippen LogP contribution in [0.4, 0.5) is 5.82 Å². The predicted molar refractivity (Wildman–Crippen MR) is 88.2 cm³/mol. The first-order valence-corrected chi connectivity index (χ1v) is 8.71. The molecule has 2 aromatic rings. The first kappa shape index (κ1) is 14.6. The summed E-state index contributed by atoms with van der Waals surface area (Å²) in [7, 11) is 0. The normalized spacial score (nSPS) is 24.1. The SMILES string of the molecule is Cc1nc(CN2C[C@@]3(CCN(c4cnccn4)C3)CC2=O)cs1. The summed E-state index contributed by atoms with van der Waals surface area (Å²) < 4.78 is 0. The number of likely N-dealkylation sites (tertiary alicyclic amines) is 1. The zero-order valence-corrected chi connectivity index (χ0v) is 13.9. The summed E-state index contributed by atoms with van der Waals surface area (Å²) in [5, 5.41) is 3.10. The molecule has 2 aliphatic heterocycles. The molecule has 1 amide bonds. The van der Waals surface area contributed by atoms with Crippen molar-refractivity contribution in [1.29, 1.82) is 0 Å². The van der Waals surface area contributed by atoms with Gasteiger partial charge in [-0.25, -0.2) is 9.97 Å². The molecule has 0 unspecified atom stereocenters. The zero-order chi connectivity index (χ0) is 15.9. The third-order valence-corrected chi connectivity index (χ3v) is 5.56. The fourth-order valence-electron chi connectivity index (χ4n) is 3.66. The molecule has 2 fully saturated rings. The number of nitrogens with zero attached hydrogens (tertiary/aromatic N) is 5. The van der Waals surface area contributed by atoms with Crippen LogP contribution < -0.4 is 4.90 Å². The van der Waals surface area contributed by atoms with E-state index in [1.165, 1.54) is 0 Å². The number of thiazole rings is 1. The standard InChI is InChI=1S/C16H19N5OS/c1-12-19-13(9-23-12)8-21-11-16(6-15(21)22)2-5-20(10-16)14-7-17-3-4-18-14/h3-4,7,9H,2,5-6,8,10-11H2,1H3/t16-/m0/s1. The molecular weight excluding hydrogens is 310 g/mol. The largest absolute Gasteiger partial charge is 0.355 e. The Morgan fingerprint density at radius 2 is 2.26 bits per heavy atom. The Kier molecular flexibility index (Phi) is 3.52. The van der Waals surface area contributed by atoms with Crippen LogP contribution in [0.25, 0.3) is 0 Å². The number of aromatic nitrogens is 3.